The number of hydrogen-bond acceptors (Lipinski definition) is 4. The van der Waals surface area contributed by atoms with Gasteiger partial charge in [0.2, 0.25) is 0 Å². The second-order valence-corrected chi connectivity index (χ2v) is 6.67. The molecule has 1 aromatic heterocycles. The van der Waals surface area contributed by atoms with E-state index < -0.39 is 18.0 Å². The summed E-state index contributed by atoms with van der Waals surface area (Å²) in [5.74, 6) is -0.564. The van der Waals surface area contributed by atoms with Crippen LogP contribution < -0.4 is 5.32 Å². The molecule has 0 aliphatic carbocycles. The van der Waals surface area contributed by atoms with Crippen molar-refractivity contribution in [2.24, 2.45) is 0 Å². The number of aromatic nitrogens is 2. The van der Waals surface area contributed by atoms with E-state index in [0.29, 0.717) is 21.4 Å². The topological polar surface area (TPSA) is 73.2 Å². The second kappa shape index (κ2) is 8.87. The minimum Gasteiger partial charge on any atom is -0.449 e. The molecule has 0 saturated heterocycles. The molecule has 0 saturated carbocycles. The maximum atomic E-state index is 12.2. The third kappa shape index (κ3) is 5.34. The van der Waals surface area contributed by atoms with E-state index in [1.807, 2.05) is 13.8 Å². The predicted octanol–water partition coefficient (Wildman–Crippen LogP) is 4.35. The first kappa shape index (κ1) is 20.0. The van der Waals surface area contributed by atoms with Gasteiger partial charge in [-0.05, 0) is 44.5 Å². The highest BCUT2D eigenvalue weighted by Crippen LogP contribution is 2.22. The number of anilines is 1. The van der Waals surface area contributed by atoms with Gasteiger partial charge in [0.15, 0.2) is 6.10 Å². The summed E-state index contributed by atoms with van der Waals surface area (Å²) in [7, 11) is 0. The lowest BCUT2D eigenvalue weighted by Gasteiger charge is -2.15. The van der Waals surface area contributed by atoms with Crippen molar-refractivity contribution in [3.8, 4) is 0 Å². The molecular formula is C18H19Cl2N3O3. The number of carbonyl (C=O) groups excluding carboxylic acids is 2. The average Bonchev–Trinajstić information content (AvgIpc) is 3.02. The Morgan fingerprint density at radius 2 is 1.96 bits per heavy atom. The van der Waals surface area contributed by atoms with Crippen molar-refractivity contribution < 1.29 is 14.3 Å². The van der Waals surface area contributed by atoms with Crippen LogP contribution in [0.1, 0.15) is 32.4 Å². The zero-order chi connectivity index (χ0) is 19.3. The van der Waals surface area contributed by atoms with E-state index >= 15 is 0 Å². The smallest absolute Gasteiger partial charge is 0.331 e. The Hall–Kier alpha value is -2.31. The van der Waals surface area contributed by atoms with Gasteiger partial charge in [-0.3, -0.25) is 4.79 Å². The number of benzene rings is 1. The molecule has 0 fully saturated rings. The van der Waals surface area contributed by atoms with E-state index in [4.69, 9.17) is 27.9 Å². The fraction of sp³-hybridized carbons (Fsp3) is 0.278. The first-order chi connectivity index (χ1) is 12.3. The summed E-state index contributed by atoms with van der Waals surface area (Å²) in [5.41, 5.74) is 0.617. The molecule has 1 heterocycles. The molecule has 138 valence electrons. The first-order valence-electron chi connectivity index (χ1n) is 7.96. The van der Waals surface area contributed by atoms with E-state index in [1.165, 1.54) is 19.1 Å². The lowest BCUT2D eigenvalue weighted by atomic mass is 10.2. The predicted molar refractivity (Wildman–Crippen MR) is 102 cm³/mol. The number of nitrogens with zero attached hydrogens (tertiary/aromatic N) is 2. The fourth-order valence-corrected chi connectivity index (χ4v) is 2.59. The highest BCUT2D eigenvalue weighted by molar-refractivity contribution is 6.35. The van der Waals surface area contributed by atoms with Crippen molar-refractivity contribution in [2.75, 3.05) is 5.32 Å². The number of halogens is 2. The molecule has 0 aliphatic heterocycles. The third-order valence-electron chi connectivity index (χ3n) is 3.43. The van der Waals surface area contributed by atoms with Crippen molar-refractivity contribution in [1.29, 1.82) is 0 Å². The van der Waals surface area contributed by atoms with Gasteiger partial charge in [-0.25, -0.2) is 9.48 Å². The summed E-state index contributed by atoms with van der Waals surface area (Å²) < 4.78 is 6.77. The molecule has 2 aromatic rings. The molecule has 6 nitrogen and oxygen atoms in total. The number of rotatable bonds is 6. The average molecular weight is 396 g/mol. The third-order valence-corrected chi connectivity index (χ3v) is 4.00. The Balaban J connectivity index is 1.94. The molecule has 26 heavy (non-hydrogen) atoms. The molecule has 1 N–H and O–H groups in total. The zero-order valence-corrected chi connectivity index (χ0v) is 16.1. The molecule has 1 amide bonds. The van der Waals surface area contributed by atoms with Crippen LogP contribution in [0.4, 0.5) is 5.82 Å². The van der Waals surface area contributed by atoms with Crippen LogP contribution in [-0.4, -0.2) is 27.8 Å². The monoisotopic (exact) mass is 395 g/mol. The summed E-state index contributed by atoms with van der Waals surface area (Å²) in [6.07, 6.45) is 3.32. The molecule has 0 aliphatic rings. The van der Waals surface area contributed by atoms with Crippen LogP contribution in [0.25, 0.3) is 6.08 Å². The van der Waals surface area contributed by atoms with Crippen LogP contribution >= 0.6 is 23.2 Å². The number of nitrogens with one attached hydrogen (secondary N) is 1. The number of hydrogen-bond donors (Lipinski definition) is 1. The van der Waals surface area contributed by atoms with Crippen molar-refractivity contribution >= 4 is 47.0 Å². The van der Waals surface area contributed by atoms with Gasteiger partial charge >= 0.3 is 5.97 Å². The van der Waals surface area contributed by atoms with Crippen molar-refractivity contribution in [1.82, 2.24) is 9.78 Å². The van der Waals surface area contributed by atoms with Crippen molar-refractivity contribution in [2.45, 2.75) is 32.9 Å². The Morgan fingerprint density at radius 3 is 2.62 bits per heavy atom. The van der Waals surface area contributed by atoms with Crippen LogP contribution in [0.5, 0.6) is 0 Å². The minimum atomic E-state index is -0.969. The summed E-state index contributed by atoms with van der Waals surface area (Å²) in [6, 6.07) is 6.67. The van der Waals surface area contributed by atoms with E-state index in [0.717, 1.165) is 0 Å². The number of esters is 1. The Morgan fingerprint density at radius 1 is 1.23 bits per heavy atom. The summed E-state index contributed by atoms with van der Waals surface area (Å²) in [4.78, 5) is 24.1. The number of ether oxygens (including phenoxy) is 1. The highest BCUT2D eigenvalue weighted by Gasteiger charge is 2.18. The molecule has 1 aromatic carbocycles. The summed E-state index contributed by atoms with van der Waals surface area (Å²) in [5, 5.41) is 7.73. The van der Waals surface area contributed by atoms with Crippen LogP contribution in [0.15, 0.2) is 36.5 Å². The normalized spacial score (nSPS) is 12.4. The summed E-state index contributed by atoms with van der Waals surface area (Å²) >= 11 is 11.9. The molecule has 1 atom stereocenters. The van der Waals surface area contributed by atoms with Gasteiger partial charge in [0, 0.05) is 28.2 Å². The van der Waals surface area contributed by atoms with Gasteiger partial charge in [0.05, 0.1) is 6.20 Å². The Kier molecular flexibility index (Phi) is 6.83. The molecular weight excluding hydrogens is 377 g/mol. The van der Waals surface area contributed by atoms with Crippen LogP contribution in [0.3, 0.4) is 0 Å². The van der Waals surface area contributed by atoms with Gasteiger partial charge < -0.3 is 10.1 Å². The molecule has 0 radical (unpaired) electrons. The number of amides is 1. The molecule has 0 spiro atoms. The van der Waals surface area contributed by atoms with E-state index in [-0.39, 0.29) is 6.04 Å². The molecule has 0 bridgehead atoms. The second-order valence-electron chi connectivity index (χ2n) is 5.82. The largest absolute Gasteiger partial charge is 0.449 e. The van der Waals surface area contributed by atoms with Crippen molar-refractivity contribution in [3.05, 3.63) is 52.1 Å². The zero-order valence-electron chi connectivity index (χ0n) is 14.6. The van der Waals surface area contributed by atoms with Gasteiger partial charge in [-0.15, -0.1) is 0 Å². The van der Waals surface area contributed by atoms with Crippen LogP contribution in [-0.2, 0) is 14.3 Å². The molecule has 2 rings (SSSR count). The Bertz CT molecular complexity index is 831. The standard InChI is InChI=1S/C18H19Cl2N3O3/c1-11(2)23-16(8-9-21-23)22-18(25)12(3)26-17(24)7-5-13-4-6-14(19)10-15(13)20/h4-12H,1-3H3,(H,22,25)/b7-5+. The van der Waals surface area contributed by atoms with Crippen LogP contribution in [0.2, 0.25) is 10.0 Å². The SMILES string of the molecule is CC(OC(=O)/C=C/c1ccc(Cl)cc1Cl)C(=O)Nc1ccnn1C(C)C. The lowest BCUT2D eigenvalue weighted by Crippen LogP contribution is -2.30. The lowest BCUT2D eigenvalue weighted by molar-refractivity contribution is -0.148. The van der Waals surface area contributed by atoms with Crippen LogP contribution in [0, 0.1) is 0 Å². The Labute approximate surface area is 161 Å². The minimum absolute atomic E-state index is 0.0882. The first-order valence-corrected chi connectivity index (χ1v) is 8.71. The highest BCUT2D eigenvalue weighted by atomic mass is 35.5. The molecule has 1 unspecified atom stereocenters. The number of carbonyl (C=O) groups is 2. The summed E-state index contributed by atoms with van der Waals surface area (Å²) in [6.45, 7) is 5.38. The maximum Gasteiger partial charge on any atom is 0.331 e. The van der Waals surface area contributed by atoms with Gasteiger partial charge in [-0.2, -0.15) is 5.10 Å². The van der Waals surface area contributed by atoms with Gasteiger partial charge in [0.1, 0.15) is 5.82 Å². The van der Waals surface area contributed by atoms with E-state index in [1.54, 1.807) is 35.1 Å². The molecule has 8 heteroatoms. The van der Waals surface area contributed by atoms with E-state index in [9.17, 15) is 9.59 Å². The fourth-order valence-electron chi connectivity index (χ4n) is 2.11. The van der Waals surface area contributed by atoms with Gasteiger partial charge in [-0.1, -0.05) is 29.3 Å². The van der Waals surface area contributed by atoms with Gasteiger partial charge in [0.25, 0.3) is 5.91 Å². The quantitative estimate of drug-likeness (QED) is 0.582. The maximum absolute atomic E-state index is 12.2. The van der Waals surface area contributed by atoms with Crippen molar-refractivity contribution in [3.63, 3.8) is 0 Å². The van der Waals surface area contributed by atoms with E-state index in [2.05, 4.69) is 10.4 Å².